The number of anilines is 2. The molecule has 1 aromatic heterocycles. The van der Waals surface area contributed by atoms with Crippen LogP contribution in [0.5, 0.6) is 0 Å². The third-order valence-corrected chi connectivity index (χ3v) is 7.20. The molecule has 3 aromatic rings. The molecule has 6 heteroatoms. The molecule has 2 aromatic carbocycles. The first-order valence-electron chi connectivity index (χ1n) is 10.1. The summed E-state index contributed by atoms with van der Waals surface area (Å²) in [6, 6.07) is 14.6. The quantitative estimate of drug-likeness (QED) is 0.359. The van der Waals surface area contributed by atoms with Crippen molar-refractivity contribution in [3.05, 3.63) is 64.7 Å². The summed E-state index contributed by atoms with van der Waals surface area (Å²) in [5.41, 5.74) is 5.86. The lowest BCUT2D eigenvalue weighted by Gasteiger charge is -2.16. The Hall–Kier alpha value is -2.18. The molecular formula is C23H25N3OS2. The van der Waals surface area contributed by atoms with E-state index in [1.807, 2.05) is 6.07 Å². The van der Waals surface area contributed by atoms with Gasteiger partial charge < -0.3 is 5.32 Å². The largest absolute Gasteiger partial charge is 0.330 e. The van der Waals surface area contributed by atoms with Crippen molar-refractivity contribution in [3.63, 3.8) is 0 Å². The third-order valence-electron chi connectivity index (χ3n) is 5.23. The molecule has 0 unspecified atom stereocenters. The van der Waals surface area contributed by atoms with Crippen LogP contribution in [0.25, 0.3) is 0 Å². The van der Waals surface area contributed by atoms with E-state index in [0.717, 1.165) is 33.6 Å². The Morgan fingerprint density at radius 3 is 2.59 bits per heavy atom. The van der Waals surface area contributed by atoms with Crippen LogP contribution >= 0.6 is 23.1 Å². The van der Waals surface area contributed by atoms with Crippen molar-refractivity contribution < 1.29 is 4.79 Å². The minimum absolute atomic E-state index is 0.150. The van der Waals surface area contributed by atoms with Crippen LogP contribution in [-0.2, 0) is 12.8 Å². The first-order chi connectivity index (χ1) is 14.1. The average Bonchev–Trinajstić information content (AvgIpc) is 3.19. The van der Waals surface area contributed by atoms with Gasteiger partial charge in [0, 0.05) is 11.3 Å². The molecule has 150 valence electrons. The predicted molar refractivity (Wildman–Crippen MR) is 122 cm³/mol. The number of fused-ring (bicyclic) bond motifs is 1. The van der Waals surface area contributed by atoms with Gasteiger partial charge in [-0.1, -0.05) is 61.2 Å². The van der Waals surface area contributed by atoms with Gasteiger partial charge in [-0.15, -0.1) is 10.2 Å². The van der Waals surface area contributed by atoms with Crippen LogP contribution in [-0.4, -0.2) is 21.7 Å². The standard InChI is InChI=1S/C23H25N3OS2/c1-15(2)16-9-11-20(12-10-16)24-22-25-26-23(29-22)28-14-21(27)19-8-7-17-5-3-4-6-18(17)13-19/h7-13,15H,3-6,14H2,1-2H3,(H,24,25). The molecule has 0 amide bonds. The highest BCUT2D eigenvalue weighted by Gasteiger charge is 2.14. The van der Waals surface area contributed by atoms with Gasteiger partial charge in [0.2, 0.25) is 5.13 Å². The molecule has 4 nitrogen and oxygen atoms in total. The monoisotopic (exact) mass is 423 g/mol. The lowest BCUT2D eigenvalue weighted by atomic mass is 9.90. The van der Waals surface area contributed by atoms with Gasteiger partial charge in [0.05, 0.1) is 5.75 Å². The summed E-state index contributed by atoms with van der Waals surface area (Å²) in [7, 11) is 0. The van der Waals surface area contributed by atoms with Crippen LogP contribution in [0.15, 0.2) is 46.8 Å². The molecule has 1 N–H and O–H groups in total. The van der Waals surface area contributed by atoms with E-state index in [0.29, 0.717) is 11.7 Å². The molecule has 0 saturated heterocycles. The SMILES string of the molecule is CC(C)c1ccc(Nc2nnc(SCC(=O)c3ccc4c(c3)CCCC4)s2)cc1. The zero-order valence-electron chi connectivity index (χ0n) is 16.8. The van der Waals surface area contributed by atoms with Crippen molar-refractivity contribution in [2.45, 2.75) is 49.8 Å². The maximum Gasteiger partial charge on any atom is 0.210 e. The van der Waals surface area contributed by atoms with Gasteiger partial charge in [-0.25, -0.2) is 0 Å². The lowest BCUT2D eigenvalue weighted by molar-refractivity contribution is 0.102. The number of hydrogen-bond acceptors (Lipinski definition) is 6. The molecule has 1 heterocycles. The molecule has 0 atom stereocenters. The topological polar surface area (TPSA) is 54.9 Å². The molecular weight excluding hydrogens is 398 g/mol. The number of thioether (sulfide) groups is 1. The second kappa shape index (κ2) is 9.09. The number of hydrogen-bond donors (Lipinski definition) is 1. The zero-order valence-corrected chi connectivity index (χ0v) is 18.4. The minimum Gasteiger partial charge on any atom is -0.330 e. The van der Waals surface area contributed by atoms with E-state index < -0.39 is 0 Å². The summed E-state index contributed by atoms with van der Waals surface area (Å²) in [5, 5.41) is 12.4. The molecule has 1 aliphatic rings. The maximum absolute atomic E-state index is 12.6. The smallest absolute Gasteiger partial charge is 0.210 e. The highest BCUT2D eigenvalue weighted by atomic mass is 32.2. The van der Waals surface area contributed by atoms with E-state index >= 15 is 0 Å². The Balaban J connectivity index is 1.34. The number of nitrogens with one attached hydrogen (secondary N) is 1. The van der Waals surface area contributed by atoms with E-state index in [2.05, 4.69) is 65.8 Å². The first-order valence-corrected chi connectivity index (χ1v) is 11.9. The molecule has 1 aliphatic carbocycles. The number of ketones is 1. The predicted octanol–water partition coefficient (Wildman–Crippen LogP) is 6.26. The van der Waals surface area contributed by atoms with Crippen LogP contribution in [0.4, 0.5) is 10.8 Å². The molecule has 0 aliphatic heterocycles. The number of Topliss-reactive ketones (excluding diaryl/α,β-unsaturated/α-hetero) is 1. The van der Waals surface area contributed by atoms with Crippen LogP contribution < -0.4 is 5.32 Å². The molecule has 29 heavy (non-hydrogen) atoms. The summed E-state index contributed by atoms with van der Waals surface area (Å²) >= 11 is 2.93. The molecule has 0 radical (unpaired) electrons. The summed E-state index contributed by atoms with van der Waals surface area (Å²) in [6.07, 6.45) is 4.71. The first kappa shape index (κ1) is 20.1. The summed E-state index contributed by atoms with van der Waals surface area (Å²) in [6.45, 7) is 4.37. The van der Waals surface area contributed by atoms with Crippen molar-refractivity contribution in [1.82, 2.24) is 10.2 Å². The molecule has 0 bridgehead atoms. The number of carbonyl (C=O) groups is 1. The highest BCUT2D eigenvalue weighted by molar-refractivity contribution is 8.01. The van der Waals surface area contributed by atoms with E-state index in [1.165, 1.54) is 52.6 Å². The molecule has 0 saturated carbocycles. The van der Waals surface area contributed by atoms with Gasteiger partial charge >= 0.3 is 0 Å². The van der Waals surface area contributed by atoms with Crippen LogP contribution in [0.3, 0.4) is 0 Å². The minimum atomic E-state index is 0.150. The van der Waals surface area contributed by atoms with Crippen LogP contribution in [0.2, 0.25) is 0 Å². The number of aromatic nitrogens is 2. The number of aryl methyl sites for hydroxylation is 2. The fraction of sp³-hybridized carbons (Fsp3) is 0.348. The molecule has 0 fully saturated rings. The molecule has 4 rings (SSSR count). The van der Waals surface area contributed by atoms with E-state index in [1.54, 1.807) is 0 Å². The Labute approximate surface area is 180 Å². The summed E-state index contributed by atoms with van der Waals surface area (Å²) in [5.74, 6) is 1.05. The number of benzene rings is 2. The number of nitrogens with zero attached hydrogens (tertiary/aromatic N) is 2. The molecule has 0 spiro atoms. The van der Waals surface area contributed by atoms with Gasteiger partial charge in [0.15, 0.2) is 10.1 Å². The van der Waals surface area contributed by atoms with Gasteiger partial charge in [-0.3, -0.25) is 4.79 Å². The van der Waals surface area contributed by atoms with E-state index in [4.69, 9.17) is 0 Å². The van der Waals surface area contributed by atoms with Gasteiger partial charge in [-0.2, -0.15) is 0 Å². The van der Waals surface area contributed by atoms with Gasteiger partial charge in [0.25, 0.3) is 0 Å². The second-order valence-electron chi connectivity index (χ2n) is 7.68. The zero-order chi connectivity index (χ0) is 20.2. The van der Waals surface area contributed by atoms with Crippen LogP contribution in [0.1, 0.15) is 59.7 Å². The maximum atomic E-state index is 12.6. The van der Waals surface area contributed by atoms with Crippen molar-refractivity contribution >= 4 is 39.7 Å². The average molecular weight is 424 g/mol. The lowest BCUT2D eigenvalue weighted by Crippen LogP contribution is -2.07. The van der Waals surface area contributed by atoms with Gasteiger partial charge in [-0.05, 0) is 66.5 Å². The van der Waals surface area contributed by atoms with E-state index in [-0.39, 0.29) is 5.78 Å². The second-order valence-corrected chi connectivity index (χ2v) is 9.88. The van der Waals surface area contributed by atoms with Crippen molar-refractivity contribution in [2.75, 3.05) is 11.1 Å². The normalized spacial score (nSPS) is 13.3. The van der Waals surface area contributed by atoms with Crippen molar-refractivity contribution in [3.8, 4) is 0 Å². The van der Waals surface area contributed by atoms with Crippen LogP contribution in [0, 0.1) is 0 Å². The van der Waals surface area contributed by atoms with Gasteiger partial charge in [0.1, 0.15) is 0 Å². The highest BCUT2D eigenvalue weighted by Crippen LogP contribution is 2.29. The van der Waals surface area contributed by atoms with Crippen molar-refractivity contribution in [2.24, 2.45) is 0 Å². The third kappa shape index (κ3) is 5.06. The van der Waals surface area contributed by atoms with Crippen molar-refractivity contribution in [1.29, 1.82) is 0 Å². The summed E-state index contributed by atoms with van der Waals surface area (Å²) < 4.78 is 0.803. The number of carbonyl (C=O) groups excluding carboxylic acids is 1. The Kier molecular flexibility index (Phi) is 6.31. The fourth-order valence-electron chi connectivity index (χ4n) is 3.51. The Morgan fingerprint density at radius 2 is 1.83 bits per heavy atom. The Morgan fingerprint density at radius 1 is 1.07 bits per heavy atom. The summed E-state index contributed by atoms with van der Waals surface area (Å²) in [4.78, 5) is 12.6. The van der Waals surface area contributed by atoms with E-state index in [9.17, 15) is 4.79 Å². The number of rotatable bonds is 7. The Bertz CT molecular complexity index is 996. The fourth-order valence-corrected chi connectivity index (χ4v) is 5.18.